The first kappa shape index (κ1) is 15.4. The molecule has 0 fully saturated rings. The van der Waals surface area contributed by atoms with Crippen molar-refractivity contribution in [2.75, 3.05) is 40.0 Å². The molecule has 1 aromatic rings. The lowest BCUT2D eigenvalue weighted by Gasteiger charge is -2.21. The summed E-state index contributed by atoms with van der Waals surface area (Å²) in [6, 6.07) is 6.06. The Labute approximate surface area is 102 Å². The number of rotatable bonds is 3. The molecular formula is C12H21N2O3+. The number of carboxylic acid groups (broad SMARTS) is 1. The summed E-state index contributed by atoms with van der Waals surface area (Å²) < 4.78 is 0.844. The first-order valence-corrected chi connectivity index (χ1v) is 5.26. The number of benzene rings is 1. The summed E-state index contributed by atoms with van der Waals surface area (Å²) in [5.41, 5.74) is 6.17. The molecule has 0 saturated heterocycles. The maximum absolute atomic E-state index is 10.3. The van der Waals surface area contributed by atoms with E-state index in [9.17, 15) is 4.79 Å². The van der Waals surface area contributed by atoms with Crippen LogP contribution in [0.5, 0.6) is 0 Å². The highest BCUT2D eigenvalue weighted by molar-refractivity contribution is 5.87. The molecule has 0 radical (unpaired) electrons. The van der Waals surface area contributed by atoms with Crippen molar-refractivity contribution in [1.82, 2.24) is 0 Å². The van der Waals surface area contributed by atoms with Crippen LogP contribution in [0.15, 0.2) is 24.3 Å². The van der Waals surface area contributed by atoms with Gasteiger partial charge in [-0.1, -0.05) is 0 Å². The van der Waals surface area contributed by atoms with E-state index in [0.29, 0.717) is 5.69 Å². The molecule has 96 valence electrons. The van der Waals surface area contributed by atoms with Crippen molar-refractivity contribution < 1.29 is 19.5 Å². The molecule has 0 aromatic heterocycles. The van der Waals surface area contributed by atoms with Crippen LogP contribution in [-0.2, 0) is 0 Å². The van der Waals surface area contributed by atoms with Gasteiger partial charge in [-0.15, -0.1) is 0 Å². The summed E-state index contributed by atoms with van der Waals surface area (Å²) in [5, 5.41) is 16.8. The minimum Gasteiger partial charge on any atom is -0.478 e. The van der Waals surface area contributed by atoms with Crippen LogP contribution in [0.25, 0.3) is 0 Å². The molecule has 17 heavy (non-hydrogen) atoms. The first-order valence-electron chi connectivity index (χ1n) is 5.26. The van der Waals surface area contributed by atoms with Gasteiger partial charge in [0.1, 0.15) is 6.54 Å². The second-order valence-electron chi connectivity index (χ2n) is 4.66. The van der Waals surface area contributed by atoms with Crippen LogP contribution in [0.2, 0.25) is 0 Å². The molecule has 1 rings (SSSR count). The predicted octanol–water partition coefficient (Wildman–Crippen LogP) is 0.652. The van der Waals surface area contributed by atoms with E-state index in [2.05, 4.69) is 21.1 Å². The van der Waals surface area contributed by atoms with E-state index in [4.69, 9.17) is 15.9 Å². The van der Waals surface area contributed by atoms with E-state index >= 15 is 0 Å². The van der Waals surface area contributed by atoms with Crippen LogP contribution in [-0.4, -0.2) is 55.0 Å². The number of quaternary nitrogens is 1. The van der Waals surface area contributed by atoms with Gasteiger partial charge in [0.15, 0.2) is 0 Å². The number of nitrogens with two attached hydrogens (primary N) is 1. The Kier molecular flexibility index (Phi) is 6.23. The first-order chi connectivity index (χ1) is 7.76. The van der Waals surface area contributed by atoms with Gasteiger partial charge in [0, 0.05) is 5.69 Å². The number of aliphatic hydroxyl groups excluding tert-OH is 1. The largest absolute Gasteiger partial charge is 0.478 e. The third-order valence-electron chi connectivity index (χ3n) is 1.93. The number of hydrogen-bond acceptors (Lipinski definition) is 3. The van der Waals surface area contributed by atoms with Gasteiger partial charge in [0.2, 0.25) is 0 Å². The van der Waals surface area contributed by atoms with Crippen molar-refractivity contribution in [3.05, 3.63) is 29.8 Å². The molecule has 0 atom stereocenters. The number of anilines is 1. The Bertz CT molecular complexity index is 342. The van der Waals surface area contributed by atoms with Gasteiger partial charge in [-0.25, -0.2) is 4.79 Å². The second-order valence-corrected chi connectivity index (χ2v) is 4.66. The Hall–Kier alpha value is -1.59. The average Bonchev–Trinajstić information content (AvgIpc) is 2.17. The van der Waals surface area contributed by atoms with Gasteiger partial charge in [0.05, 0.1) is 33.3 Å². The maximum atomic E-state index is 10.3. The quantitative estimate of drug-likeness (QED) is 0.536. The molecule has 0 aliphatic carbocycles. The number of nitrogens with zero attached hydrogens (tertiary/aromatic N) is 1. The molecule has 0 heterocycles. The SMILES string of the molecule is C[N+](C)(C)CCO.Nc1ccc(C(=O)O)cc1. The number of likely N-dealkylation sites (N-methyl/N-ethyl adjacent to an activating group) is 1. The van der Waals surface area contributed by atoms with Crippen molar-refractivity contribution in [2.45, 2.75) is 0 Å². The molecule has 5 nitrogen and oxygen atoms in total. The van der Waals surface area contributed by atoms with Gasteiger partial charge in [-0.3, -0.25) is 0 Å². The molecule has 0 bridgehead atoms. The van der Waals surface area contributed by atoms with E-state index in [-0.39, 0.29) is 12.2 Å². The van der Waals surface area contributed by atoms with Gasteiger partial charge < -0.3 is 20.4 Å². The minimum atomic E-state index is -0.931. The summed E-state index contributed by atoms with van der Waals surface area (Å²) in [4.78, 5) is 10.3. The summed E-state index contributed by atoms with van der Waals surface area (Å²) in [6.45, 7) is 1.11. The van der Waals surface area contributed by atoms with E-state index in [1.54, 1.807) is 12.1 Å². The molecule has 0 aliphatic rings. The smallest absolute Gasteiger partial charge is 0.335 e. The second kappa shape index (κ2) is 6.88. The fraction of sp³-hybridized carbons (Fsp3) is 0.417. The Morgan fingerprint density at radius 3 is 1.94 bits per heavy atom. The normalized spacial score (nSPS) is 10.4. The molecule has 0 spiro atoms. The maximum Gasteiger partial charge on any atom is 0.335 e. The number of carbonyl (C=O) groups is 1. The third kappa shape index (κ3) is 8.24. The van der Waals surface area contributed by atoms with E-state index in [0.717, 1.165) is 11.0 Å². The van der Waals surface area contributed by atoms with Crippen LogP contribution in [0.1, 0.15) is 10.4 Å². The number of nitrogen functional groups attached to an aromatic ring is 1. The minimum absolute atomic E-state index is 0.259. The molecular weight excluding hydrogens is 220 g/mol. The van der Waals surface area contributed by atoms with Crippen LogP contribution < -0.4 is 5.73 Å². The summed E-state index contributed by atoms with van der Waals surface area (Å²) in [5.74, 6) is -0.931. The van der Waals surface area contributed by atoms with Crippen LogP contribution >= 0.6 is 0 Å². The number of carboxylic acids is 1. The van der Waals surface area contributed by atoms with Gasteiger partial charge in [-0.2, -0.15) is 0 Å². The van der Waals surface area contributed by atoms with Gasteiger partial charge >= 0.3 is 5.97 Å². The van der Waals surface area contributed by atoms with Crippen molar-refractivity contribution in [1.29, 1.82) is 0 Å². The van der Waals surface area contributed by atoms with Crippen molar-refractivity contribution in [2.24, 2.45) is 0 Å². The van der Waals surface area contributed by atoms with E-state index in [1.165, 1.54) is 12.1 Å². The predicted molar refractivity (Wildman–Crippen MR) is 67.8 cm³/mol. The molecule has 0 saturated carbocycles. The lowest BCUT2D eigenvalue weighted by Crippen LogP contribution is -2.36. The standard InChI is InChI=1S/C7H7NO2.C5H14NO/c8-6-3-1-5(2-4-6)7(9)10;1-6(2,3)4-5-7/h1-4H,8H2,(H,9,10);7H,4-5H2,1-3H3/q;+1. The highest BCUT2D eigenvalue weighted by Crippen LogP contribution is 2.04. The number of hydrogen-bond donors (Lipinski definition) is 3. The highest BCUT2D eigenvalue weighted by atomic mass is 16.4. The zero-order valence-corrected chi connectivity index (χ0v) is 10.6. The van der Waals surface area contributed by atoms with E-state index in [1.807, 2.05) is 0 Å². The van der Waals surface area contributed by atoms with Crippen molar-refractivity contribution >= 4 is 11.7 Å². The zero-order chi connectivity index (χ0) is 13.5. The number of aromatic carboxylic acids is 1. The van der Waals surface area contributed by atoms with Crippen molar-refractivity contribution in [3.63, 3.8) is 0 Å². The topological polar surface area (TPSA) is 83.5 Å². The Morgan fingerprint density at radius 2 is 1.71 bits per heavy atom. The molecule has 1 aromatic carbocycles. The fourth-order valence-electron chi connectivity index (χ4n) is 0.926. The summed E-state index contributed by atoms with van der Waals surface area (Å²) >= 11 is 0. The molecule has 4 N–H and O–H groups in total. The van der Waals surface area contributed by atoms with Crippen LogP contribution in [0.3, 0.4) is 0 Å². The van der Waals surface area contributed by atoms with Gasteiger partial charge in [0.25, 0.3) is 0 Å². The highest BCUT2D eigenvalue weighted by Gasteiger charge is 2.02. The molecule has 0 amide bonds. The zero-order valence-electron chi connectivity index (χ0n) is 10.6. The third-order valence-corrected chi connectivity index (χ3v) is 1.93. The van der Waals surface area contributed by atoms with Crippen molar-refractivity contribution in [3.8, 4) is 0 Å². The lowest BCUT2D eigenvalue weighted by atomic mass is 10.2. The molecule has 0 unspecified atom stereocenters. The monoisotopic (exact) mass is 241 g/mol. The summed E-state index contributed by atoms with van der Waals surface area (Å²) in [7, 11) is 6.16. The van der Waals surface area contributed by atoms with Crippen LogP contribution in [0, 0.1) is 0 Å². The number of aliphatic hydroxyl groups is 1. The van der Waals surface area contributed by atoms with Crippen LogP contribution in [0.4, 0.5) is 5.69 Å². The molecule has 0 aliphatic heterocycles. The Balaban J connectivity index is 0.000000325. The van der Waals surface area contributed by atoms with Gasteiger partial charge in [-0.05, 0) is 24.3 Å². The summed E-state index contributed by atoms with van der Waals surface area (Å²) in [6.07, 6.45) is 0. The fourth-order valence-corrected chi connectivity index (χ4v) is 0.926. The molecule has 5 heteroatoms. The lowest BCUT2D eigenvalue weighted by molar-refractivity contribution is -0.870. The Morgan fingerprint density at radius 1 is 1.24 bits per heavy atom. The van der Waals surface area contributed by atoms with E-state index < -0.39 is 5.97 Å². The average molecular weight is 241 g/mol.